The number of carbonyl (C=O) groups excluding carboxylic acids is 2. The van der Waals surface area contributed by atoms with Gasteiger partial charge in [0.05, 0.1) is 6.61 Å². The van der Waals surface area contributed by atoms with Crippen molar-refractivity contribution in [2.45, 2.75) is 20.4 Å². The van der Waals surface area contributed by atoms with Crippen LogP contribution in [0.25, 0.3) is 0 Å². The van der Waals surface area contributed by atoms with E-state index in [4.69, 9.17) is 4.74 Å². The fourth-order valence-corrected chi connectivity index (χ4v) is 3.32. The molecule has 8 heteroatoms. The summed E-state index contributed by atoms with van der Waals surface area (Å²) in [6, 6.07) is 6.94. The van der Waals surface area contributed by atoms with Crippen LogP contribution in [0.2, 0.25) is 0 Å². The smallest absolute Gasteiger partial charge is 0.350 e. The van der Waals surface area contributed by atoms with Crippen molar-refractivity contribution in [1.29, 1.82) is 0 Å². The summed E-state index contributed by atoms with van der Waals surface area (Å²) in [6.45, 7) is 8.04. The number of nitrogens with one attached hydrogen (secondary N) is 1. The molecule has 0 saturated heterocycles. The van der Waals surface area contributed by atoms with Crippen LogP contribution in [-0.2, 0) is 11.3 Å². The number of allylic oxidation sites excluding steroid dienone is 1. The van der Waals surface area contributed by atoms with Crippen LogP contribution in [-0.4, -0.2) is 23.1 Å². The van der Waals surface area contributed by atoms with E-state index in [9.17, 15) is 9.59 Å². The minimum Gasteiger partial charge on any atom is -0.462 e. The highest BCUT2D eigenvalue weighted by Crippen LogP contribution is 2.14. The first kappa shape index (κ1) is 19.1. The quantitative estimate of drug-likeness (QED) is 0.440. The number of esters is 1. The molecule has 0 bridgehead atoms. The van der Waals surface area contributed by atoms with E-state index < -0.39 is 5.97 Å². The Labute approximate surface area is 158 Å². The number of aromatic nitrogens is 1. The van der Waals surface area contributed by atoms with Gasteiger partial charge in [0.15, 0.2) is 0 Å². The molecular formula is C17H18BrN3O3S. The molecule has 25 heavy (non-hydrogen) atoms. The molecule has 1 amide bonds. The van der Waals surface area contributed by atoms with Gasteiger partial charge in [-0.15, -0.1) is 11.7 Å². The van der Waals surface area contributed by atoms with Gasteiger partial charge in [-0.2, -0.15) is 0 Å². The summed E-state index contributed by atoms with van der Waals surface area (Å²) in [5, 5.41) is 4.16. The van der Waals surface area contributed by atoms with E-state index in [-0.39, 0.29) is 5.91 Å². The molecule has 0 aliphatic heterocycles. The Balaban J connectivity index is 2.32. The van der Waals surface area contributed by atoms with Crippen LogP contribution in [0.15, 0.2) is 46.5 Å². The number of hydrogen-bond acceptors (Lipinski definition) is 5. The highest BCUT2D eigenvalue weighted by molar-refractivity contribution is 9.10. The predicted molar refractivity (Wildman–Crippen MR) is 100 cm³/mol. The Morgan fingerprint density at radius 3 is 2.68 bits per heavy atom. The summed E-state index contributed by atoms with van der Waals surface area (Å²) >= 11 is 4.49. The second-order valence-electron chi connectivity index (χ2n) is 4.98. The molecule has 2 rings (SSSR count). The average molecular weight is 424 g/mol. The van der Waals surface area contributed by atoms with Gasteiger partial charge < -0.3 is 9.30 Å². The maximum atomic E-state index is 12.2. The van der Waals surface area contributed by atoms with Gasteiger partial charge in [0, 0.05) is 22.3 Å². The van der Waals surface area contributed by atoms with Gasteiger partial charge in [-0.3, -0.25) is 4.79 Å². The summed E-state index contributed by atoms with van der Waals surface area (Å²) < 4.78 is 7.74. The third-order valence-electron chi connectivity index (χ3n) is 3.29. The van der Waals surface area contributed by atoms with Crippen molar-refractivity contribution in [1.82, 2.24) is 9.99 Å². The first-order valence-corrected chi connectivity index (χ1v) is 9.16. The van der Waals surface area contributed by atoms with Crippen molar-refractivity contribution >= 4 is 39.1 Å². The molecule has 132 valence electrons. The molecule has 0 aliphatic carbocycles. The van der Waals surface area contributed by atoms with Crippen molar-refractivity contribution in [3.05, 3.63) is 62.3 Å². The first-order chi connectivity index (χ1) is 12.0. The molecule has 1 N–H and O–H groups in total. The lowest BCUT2D eigenvalue weighted by Crippen LogP contribution is -2.24. The lowest BCUT2D eigenvalue weighted by molar-refractivity contribution is 0.0530. The van der Waals surface area contributed by atoms with Gasteiger partial charge in [-0.25, -0.2) is 10.2 Å². The lowest BCUT2D eigenvalue weighted by Gasteiger charge is -2.04. The zero-order valence-corrected chi connectivity index (χ0v) is 16.3. The maximum Gasteiger partial charge on any atom is 0.350 e. The van der Waals surface area contributed by atoms with Crippen LogP contribution in [0.1, 0.15) is 32.6 Å². The molecule has 6 nitrogen and oxygen atoms in total. The second-order valence-corrected chi connectivity index (χ2v) is 6.87. The topological polar surface area (TPSA) is 72.7 Å². The third-order valence-corrected chi connectivity index (χ3v) is 4.98. The van der Waals surface area contributed by atoms with Crippen molar-refractivity contribution in [2.24, 2.45) is 5.10 Å². The van der Waals surface area contributed by atoms with Crippen LogP contribution < -0.4 is 10.2 Å². The number of nitrogens with zero attached hydrogens (tertiary/aromatic N) is 2. The van der Waals surface area contributed by atoms with E-state index in [1.807, 2.05) is 6.92 Å². The fraction of sp³-hybridized carbons (Fsp3) is 0.235. The van der Waals surface area contributed by atoms with Gasteiger partial charge >= 0.3 is 5.97 Å². The van der Waals surface area contributed by atoms with E-state index in [0.29, 0.717) is 28.4 Å². The average Bonchev–Trinajstić information content (AvgIpc) is 2.90. The number of thiazole rings is 1. The van der Waals surface area contributed by atoms with Crippen LogP contribution in [0.5, 0.6) is 0 Å². The zero-order chi connectivity index (χ0) is 18.4. The van der Waals surface area contributed by atoms with Crippen LogP contribution in [0.3, 0.4) is 0 Å². The first-order valence-electron chi connectivity index (χ1n) is 7.55. The number of halogens is 1. The monoisotopic (exact) mass is 423 g/mol. The Hall–Kier alpha value is -2.19. The number of ether oxygens (including phenoxy) is 1. The predicted octanol–water partition coefficient (Wildman–Crippen LogP) is 3.23. The number of rotatable bonds is 6. The minimum atomic E-state index is -0.400. The molecule has 0 radical (unpaired) electrons. The molecule has 2 aromatic rings. The Morgan fingerprint density at radius 1 is 1.40 bits per heavy atom. The maximum absolute atomic E-state index is 12.2. The molecule has 0 fully saturated rings. The highest BCUT2D eigenvalue weighted by Gasteiger charge is 2.17. The van der Waals surface area contributed by atoms with E-state index >= 15 is 0 Å². The molecule has 0 atom stereocenters. The third kappa shape index (κ3) is 4.67. The van der Waals surface area contributed by atoms with E-state index in [2.05, 4.69) is 33.0 Å². The summed E-state index contributed by atoms with van der Waals surface area (Å²) in [7, 11) is 0. The van der Waals surface area contributed by atoms with Crippen molar-refractivity contribution in [3.8, 4) is 0 Å². The summed E-state index contributed by atoms with van der Waals surface area (Å²) in [5.74, 6) is -0.732. The standard InChI is InChI=1S/C17H18BrN3O3S/c1-4-10-21-11(3)14(16(23)24-5-2)25-17(21)20-19-15(22)12-6-8-13(18)9-7-12/h4,6-9H,1,5,10H2,2-3H3,(H,19,22)/b20-17+. The van der Waals surface area contributed by atoms with Crippen molar-refractivity contribution in [2.75, 3.05) is 6.61 Å². The molecule has 1 aromatic carbocycles. The Kier molecular flexibility index (Phi) is 6.72. The molecule has 0 saturated carbocycles. The molecule has 0 spiro atoms. The fourth-order valence-electron chi connectivity index (χ4n) is 2.06. The van der Waals surface area contributed by atoms with Crippen LogP contribution >= 0.6 is 27.3 Å². The number of hydrogen-bond donors (Lipinski definition) is 1. The van der Waals surface area contributed by atoms with Crippen molar-refractivity contribution < 1.29 is 14.3 Å². The molecular weight excluding hydrogens is 406 g/mol. The number of benzene rings is 1. The molecule has 0 aliphatic rings. The Bertz CT molecular complexity index is 853. The second kappa shape index (κ2) is 8.77. The van der Waals surface area contributed by atoms with Gasteiger partial charge in [0.25, 0.3) is 5.91 Å². The van der Waals surface area contributed by atoms with Crippen molar-refractivity contribution in [3.63, 3.8) is 0 Å². The van der Waals surface area contributed by atoms with Crippen LogP contribution in [0.4, 0.5) is 0 Å². The van der Waals surface area contributed by atoms with Gasteiger partial charge in [-0.1, -0.05) is 33.3 Å². The van der Waals surface area contributed by atoms with Gasteiger partial charge in [0.1, 0.15) is 4.88 Å². The highest BCUT2D eigenvalue weighted by atomic mass is 79.9. The van der Waals surface area contributed by atoms with Gasteiger partial charge in [0.2, 0.25) is 4.80 Å². The van der Waals surface area contributed by atoms with Gasteiger partial charge in [-0.05, 0) is 38.1 Å². The zero-order valence-electron chi connectivity index (χ0n) is 13.9. The number of carbonyl (C=O) groups is 2. The largest absolute Gasteiger partial charge is 0.462 e. The van der Waals surface area contributed by atoms with Crippen LogP contribution in [0, 0.1) is 6.92 Å². The van der Waals surface area contributed by atoms with E-state index in [0.717, 1.165) is 10.2 Å². The number of amides is 1. The molecule has 0 unspecified atom stereocenters. The Morgan fingerprint density at radius 2 is 2.08 bits per heavy atom. The summed E-state index contributed by atoms with van der Waals surface area (Å²) in [4.78, 5) is 25.2. The summed E-state index contributed by atoms with van der Waals surface area (Å²) in [5.41, 5.74) is 3.73. The lowest BCUT2D eigenvalue weighted by atomic mass is 10.2. The minimum absolute atomic E-state index is 0.296. The molecule has 1 heterocycles. The summed E-state index contributed by atoms with van der Waals surface area (Å²) in [6.07, 6.45) is 1.70. The van der Waals surface area contributed by atoms with E-state index in [1.54, 1.807) is 41.8 Å². The normalized spacial score (nSPS) is 11.2. The SMILES string of the molecule is C=CCn1c(C)c(C(=O)OCC)s/c1=N/NC(=O)c1ccc(Br)cc1. The molecule has 1 aromatic heterocycles. The van der Waals surface area contributed by atoms with E-state index in [1.165, 1.54) is 11.3 Å².